The smallest absolute Gasteiger partial charge is 0.273 e. The van der Waals surface area contributed by atoms with Crippen LogP contribution in [0.25, 0.3) is 0 Å². The number of rotatable bonds is 11. The fourth-order valence-electron chi connectivity index (χ4n) is 4.06. The van der Waals surface area contributed by atoms with E-state index in [4.69, 9.17) is 0 Å². The Morgan fingerprint density at radius 3 is 2.68 bits per heavy atom. The Morgan fingerprint density at radius 1 is 1.24 bits per heavy atom. The second-order valence-electron chi connectivity index (χ2n) is 9.34. The molecule has 3 rings (SSSR count). The van der Waals surface area contributed by atoms with E-state index in [-0.39, 0.29) is 16.1 Å². The molecule has 1 saturated heterocycles. The maximum Gasteiger partial charge on any atom is 0.273 e. The van der Waals surface area contributed by atoms with Crippen LogP contribution in [0.1, 0.15) is 65.8 Å². The number of hydrogen-bond donors (Lipinski definition) is 3. The quantitative estimate of drug-likeness (QED) is 0.232. The van der Waals surface area contributed by atoms with E-state index in [1.165, 1.54) is 17.8 Å². The fraction of sp³-hybridized carbons (Fsp3) is 0.464. The molecule has 206 valence electrons. The zero-order valence-electron chi connectivity index (χ0n) is 22.5. The van der Waals surface area contributed by atoms with Gasteiger partial charge in [-0.3, -0.25) is 14.9 Å². The molecule has 1 aromatic heterocycles. The van der Waals surface area contributed by atoms with E-state index in [2.05, 4.69) is 54.7 Å². The third-order valence-corrected chi connectivity index (χ3v) is 8.30. The minimum atomic E-state index is -0.243. The largest absolute Gasteiger partial charge is 0.384 e. The van der Waals surface area contributed by atoms with Crippen LogP contribution in [0.2, 0.25) is 0 Å². The van der Waals surface area contributed by atoms with Crippen molar-refractivity contribution in [3.05, 3.63) is 58.9 Å². The van der Waals surface area contributed by atoms with Gasteiger partial charge in [0.1, 0.15) is 5.70 Å². The Kier molecular flexibility index (Phi) is 11.2. The zero-order chi connectivity index (χ0) is 26.8. The highest BCUT2D eigenvalue weighted by Crippen LogP contribution is 2.37. The van der Waals surface area contributed by atoms with E-state index >= 15 is 0 Å². The van der Waals surface area contributed by atoms with Gasteiger partial charge in [-0.1, -0.05) is 62.1 Å². The predicted octanol–water partition coefficient (Wildman–Crippen LogP) is 6.13. The van der Waals surface area contributed by atoms with Gasteiger partial charge in [0.25, 0.3) is 11.8 Å². The Morgan fingerprint density at radius 2 is 2.00 bits per heavy atom. The fourth-order valence-corrected chi connectivity index (χ4v) is 6.00. The number of benzene rings is 1. The van der Waals surface area contributed by atoms with Crippen molar-refractivity contribution in [1.82, 2.24) is 20.5 Å². The van der Waals surface area contributed by atoms with Crippen LogP contribution in [0.3, 0.4) is 0 Å². The molecule has 0 atom stereocenters. The summed E-state index contributed by atoms with van der Waals surface area (Å²) in [5.74, 6) is -0.108. The molecule has 7 nitrogen and oxygen atoms in total. The van der Waals surface area contributed by atoms with Crippen molar-refractivity contribution in [2.45, 2.75) is 68.5 Å². The van der Waals surface area contributed by atoms with Gasteiger partial charge in [0.15, 0.2) is 5.13 Å². The van der Waals surface area contributed by atoms with E-state index < -0.39 is 0 Å². The summed E-state index contributed by atoms with van der Waals surface area (Å²) in [4.78, 5) is 33.4. The summed E-state index contributed by atoms with van der Waals surface area (Å²) in [6.45, 7) is 10.8. The lowest BCUT2D eigenvalue weighted by Crippen LogP contribution is -2.36. The molecule has 1 aliphatic rings. The van der Waals surface area contributed by atoms with Crippen LogP contribution < -0.4 is 16.0 Å². The number of aryl methyl sites for hydroxylation is 2. The Labute approximate surface area is 233 Å². The molecule has 2 heterocycles. The lowest BCUT2D eigenvalue weighted by atomic mass is 10.00. The number of allylic oxidation sites excluding steroid dienone is 2. The molecule has 1 aliphatic heterocycles. The summed E-state index contributed by atoms with van der Waals surface area (Å²) >= 11 is 3.00. The topological polar surface area (TPSA) is 86.4 Å². The number of anilines is 1. The van der Waals surface area contributed by atoms with E-state index in [1.807, 2.05) is 23.1 Å². The van der Waals surface area contributed by atoms with Gasteiger partial charge in [0.2, 0.25) is 0 Å². The predicted molar refractivity (Wildman–Crippen MR) is 161 cm³/mol. The number of amides is 2. The number of nitrogens with one attached hydrogen (secondary N) is 3. The van der Waals surface area contributed by atoms with E-state index in [9.17, 15) is 9.59 Å². The zero-order valence-corrected chi connectivity index (χ0v) is 24.2. The molecular weight excluding hydrogens is 502 g/mol. The first-order valence-electron chi connectivity index (χ1n) is 13.0. The van der Waals surface area contributed by atoms with Crippen LogP contribution >= 0.6 is 23.1 Å². The van der Waals surface area contributed by atoms with Gasteiger partial charge in [0, 0.05) is 47.5 Å². The molecule has 0 radical (unpaired) electrons. The van der Waals surface area contributed by atoms with Crippen molar-refractivity contribution in [3.63, 3.8) is 0 Å². The summed E-state index contributed by atoms with van der Waals surface area (Å²) in [7, 11) is 1.72. The van der Waals surface area contributed by atoms with Gasteiger partial charge in [-0.15, -0.1) is 0 Å². The molecule has 0 saturated carbocycles. The molecule has 0 aliphatic carbocycles. The highest BCUT2D eigenvalue weighted by atomic mass is 32.2. The second-order valence-corrected chi connectivity index (χ2v) is 11.7. The van der Waals surface area contributed by atoms with Gasteiger partial charge in [0.05, 0.1) is 10.4 Å². The van der Waals surface area contributed by atoms with Gasteiger partial charge in [-0.2, -0.15) is 0 Å². The van der Waals surface area contributed by atoms with Crippen LogP contribution in [0.15, 0.2) is 51.4 Å². The SMILES string of the molecule is CCc1cc(C)c(Sc2cnc(NC(=O)/C(=C/C=C/CNC(C)C)NC)s2)cc1C(=O)N1CCCCC1.[HH].[HH].[HH]. The van der Waals surface area contributed by atoms with Crippen molar-refractivity contribution < 1.29 is 13.9 Å². The molecule has 2 amide bonds. The molecule has 0 spiro atoms. The van der Waals surface area contributed by atoms with Crippen LogP contribution in [0.4, 0.5) is 5.13 Å². The first-order valence-corrected chi connectivity index (χ1v) is 14.6. The van der Waals surface area contributed by atoms with Crippen LogP contribution in [-0.4, -0.2) is 54.4 Å². The first-order chi connectivity index (χ1) is 17.8. The van der Waals surface area contributed by atoms with Crippen molar-refractivity contribution >= 4 is 40.0 Å². The number of piperidine rings is 1. The molecule has 0 unspecified atom stereocenters. The molecule has 37 heavy (non-hydrogen) atoms. The highest BCUT2D eigenvalue weighted by molar-refractivity contribution is 8.01. The second kappa shape index (κ2) is 14.4. The Bertz CT molecular complexity index is 1150. The van der Waals surface area contributed by atoms with Gasteiger partial charge in [-0.25, -0.2) is 4.98 Å². The van der Waals surface area contributed by atoms with E-state index in [0.29, 0.717) is 16.9 Å². The molecule has 3 N–H and O–H groups in total. The van der Waals surface area contributed by atoms with Gasteiger partial charge in [-0.05, 0) is 55.9 Å². The molecule has 1 aromatic carbocycles. The van der Waals surface area contributed by atoms with Crippen molar-refractivity contribution in [1.29, 1.82) is 0 Å². The number of likely N-dealkylation sites (N-methyl/N-ethyl adjacent to an activating group) is 1. The van der Waals surface area contributed by atoms with Crippen molar-refractivity contribution in [2.24, 2.45) is 0 Å². The number of hydrogen-bond acceptors (Lipinski definition) is 7. The lowest BCUT2D eigenvalue weighted by Gasteiger charge is -2.28. The lowest BCUT2D eigenvalue weighted by molar-refractivity contribution is -0.113. The first kappa shape index (κ1) is 28.9. The minimum Gasteiger partial charge on any atom is -0.384 e. The average molecular weight is 548 g/mol. The molecule has 2 aromatic rings. The van der Waals surface area contributed by atoms with Crippen LogP contribution in [0.5, 0.6) is 0 Å². The number of aromatic nitrogens is 1. The molecule has 1 fully saturated rings. The summed E-state index contributed by atoms with van der Waals surface area (Å²) in [6.07, 6.45) is 11.5. The minimum absolute atomic E-state index is 0. The summed E-state index contributed by atoms with van der Waals surface area (Å²) < 4.78 is 0.952. The molecule has 0 bridgehead atoms. The monoisotopic (exact) mass is 547 g/mol. The van der Waals surface area contributed by atoms with Crippen LogP contribution in [-0.2, 0) is 11.2 Å². The average Bonchev–Trinajstić information content (AvgIpc) is 3.33. The van der Waals surface area contributed by atoms with Gasteiger partial charge < -0.3 is 15.5 Å². The Balaban J connectivity index is 0.00000507. The number of thiazole rings is 1. The number of nitrogens with zero attached hydrogens (tertiary/aromatic N) is 2. The van der Waals surface area contributed by atoms with Crippen molar-refractivity contribution in [2.75, 3.05) is 32.0 Å². The van der Waals surface area contributed by atoms with E-state index in [0.717, 1.165) is 64.7 Å². The summed E-state index contributed by atoms with van der Waals surface area (Å²) in [6, 6.07) is 4.58. The third kappa shape index (κ3) is 8.45. The van der Waals surface area contributed by atoms with Crippen molar-refractivity contribution in [3.8, 4) is 0 Å². The maximum atomic E-state index is 13.3. The normalized spacial score (nSPS) is 14.4. The van der Waals surface area contributed by atoms with E-state index in [1.54, 1.807) is 31.1 Å². The van der Waals surface area contributed by atoms with Gasteiger partial charge >= 0.3 is 0 Å². The Hall–Kier alpha value is -2.62. The standard InChI is InChI=1S/C28H39N5O2S2.3H2/c1-6-21-16-20(4)24(17-22(21)27(35)33-14-10-7-11-15-33)36-25-18-31-28(37-25)32-26(34)23(29-5)12-8-9-13-30-19(2)3;;;/h8-9,12,16-19,29-30H,6-7,10-11,13-15H2,1-5H3,(H,31,32,34);3*1H/b9-8+,23-12-;;;. The maximum absolute atomic E-state index is 13.3. The third-order valence-electron chi connectivity index (χ3n) is 6.13. The van der Waals surface area contributed by atoms with Crippen LogP contribution in [0, 0.1) is 6.92 Å². The summed E-state index contributed by atoms with van der Waals surface area (Å²) in [5.41, 5.74) is 3.48. The number of likely N-dealkylation sites (tertiary alicyclic amines) is 1. The molecular formula is C28H45N5O2S2. The number of carbonyl (C=O) groups excluding carboxylic acids is 2. The number of carbonyl (C=O) groups is 2. The summed E-state index contributed by atoms with van der Waals surface area (Å²) in [5, 5.41) is 9.65. The molecule has 9 heteroatoms. The highest BCUT2D eigenvalue weighted by Gasteiger charge is 2.22.